The fraction of sp³-hybridized carbons (Fsp3) is 0.429. The van der Waals surface area contributed by atoms with Crippen LogP contribution in [0.25, 0.3) is 16.7 Å². The molecule has 28 heavy (non-hydrogen) atoms. The molecule has 0 atom stereocenters. The number of hydrogen-bond acceptors (Lipinski definition) is 6. The zero-order valence-electron chi connectivity index (χ0n) is 16.6. The second kappa shape index (κ2) is 8.68. The Labute approximate surface area is 164 Å². The molecule has 0 aliphatic rings. The normalized spacial score (nSPS) is 12.0. The van der Waals surface area contributed by atoms with Gasteiger partial charge in [0.05, 0.1) is 13.2 Å². The molecule has 2 aromatic carbocycles. The van der Waals surface area contributed by atoms with E-state index in [2.05, 4.69) is 31.0 Å². The van der Waals surface area contributed by atoms with Crippen LogP contribution in [0.3, 0.4) is 0 Å². The number of benzene rings is 2. The van der Waals surface area contributed by atoms with Crippen LogP contribution >= 0.6 is 0 Å². The van der Waals surface area contributed by atoms with Crippen molar-refractivity contribution in [3.05, 3.63) is 47.5 Å². The summed E-state index contributed by atoms with van der Waals surface area (Å²) < 4.78 is 0. The Morgan fingerprint density at radius 2 is 1.64 bits per heavy atom. The van der Waals surface area contributed by atoms with Crippen molar-refractivity contribution >= 4 is 11.0 Å². The SMILES string of the molecule is CC(C)(C)c1cc(CCCOOCCO)cc(-n2nc3ccccc3n2)c1O. The number of aliphatic hydroxyl groups is 1. The summed E-state index contributed by atoms with van der Waals surface area (Å²) in [4.78, 5) is 11.4. The van der Waals surface area contributed by atoms with Gasteiger partial charge in [-0.2, -0.15) is 0 Å². The Hall–Kier alpha value is -2.48. The van der Waals surface area contributed by atoms with Crippen LogP contribution in [-0.2, 0) is 21.6 Å². The fourth-order valence-electron chi connectivity index (χ4n) is 3.00. The molecular formula is C21H27N3O4. The molecule has 0 aliphatic carbocycles. The predicted octanol–water partition coefficient (Wildman–Crippen LogP) is 3.30. The van der Waals surface area contributed by atoms with Crippen LogP contribution in [0, 0.1) is 0 Å². The molecule has 0 saturated carbocycles. The van der Waals surface area contributed by atoms with E-state index < -0.39 is 0 Å². The van der Waals surface area contributed by atoms with Gasteiger partial charge >= 0.3 is 0 Å². The molecule has 0 amide bonds. The van der Waals surface area contributed by atoms with Crippen LogP contribution in [0.4, 0.5) is 0 Å². The van der Waals surface area contributed by atoms with Crippen LogP contribution in [0.2, 0.25) is 0 Å². The minimum absolute atomic E-state index is 0.0680. The summed E-state index contributed by atoms with van der Waals surface area (Å²) in [5, 5.41) is 28.6. The quantitative estimate of drug-likeness (QED) is 0.351. The van der Waals surface area contributed by atoms with Gasteiger partial charge in [-0.1, -0.05) is 39.0 Å². The van der Waals surface area contributed by atoms with E-state index >= 15 is 0 Å². The maximum absolute atomic E-state index is 10.9. The number of rotatable bonds is 8. The van der Waals surface area contributed by atoms with Crippen molar-refractivity contribution in [2.45, 2.75) is 39.0 Å². The van der Waals surface area contributed by atoms with Crippen LogP contribution in [0.15, 0.2) is 36.4 Å². The molecule has 0 saturated heterocycles. The third-order valence-corrected chi connectivity index (χ3v) is 4.41. The summed E-state index contributed by atoms with van der Waals surface area (Å²) in [5.41, 5.74) is 3.79. The molecule has 0 radical (unpaired) electrons. The first-order chi connectivity index (χ1) is 13.4. The molecule has 1 aromatic heterocycles. The van der Waals surface area contributed by atoms with Gasteiger partial charge in [-0.15, -0.1) is 15.0 Å². The number of phenolic OH excluding ortho intramolecular Hbond substituents is 1. The van der Waals surface area contributed by atoms with Gasteiger partial charge < -0.3 is 10.2 Å². The molecule has 2 N–H and O–H groups in total. The Kier molecular flexibility index (Phi) is 6.28. The lowest BCUT2D eigenvalue weighted by Gasteiger charge is -2.23. The zero-order valence-corrected chi connectivity index (χ0v) is 16.6. The molecule has 0 bridgehead atoms. The van der Waals surface area contributed by atoms with E-state index in [-0.39, 0.29) is 24.4 Å². The summed E-state index contributed by atoms with van der Waals surface area (Å²) in [5.74, 6) is 0.194. The molecular weight excluding hydrogens is 358 g/mol. The fourth-order valence-corrected chi connectivity index (χ4v) is 3.00. The lowest BCUT2D eigenvalue weighted by Crippen LogP contribution is -2.14. The first-order valence-electron chi connectivity index (χ1n) is 9.44. The van der Waals surface area contributed by atoms with Gasteiger partial charge in [-0.25, -0.2) is 9.78 Å². The third kappa shape index (κ3) is 4.67. The van der Waals surface area contributed by atoms with E-state index in [1.54, 1.807) is 0 Å². The van der Waals surface area contributed by atoms with Crippen LogP contribution in [-0.4, -0.2) is 45.0 Å². The Morgan fingerprint density at radius 3 is 2.25 bits per heavy atom. The minimum Gasteiger partial charge on any atom is -0.505 e. The van der Waals surface area contributed by atoms with Crippen molar-refractivity contribution in [3.63, 3.8) is 0 Å². The average Bonchev–Trinajstić information content (AvgIpc) is 3.08. The number of aliphatic hydroxyl groups excluding tert-OH is 1. The van der Waals surface area contributed by atoms with Gasteiger partial charge in [0.1, 0.15) is 29.1 Å². The van der Waals surface area contributed by atoms with Gasteiger partial charge in [0.25, 0.3) is 0 Å². The lowest BCUT2D eigenvalue weighted by molar-refractivity contribution is -0.297. The summed E-state index contributed by atoms with van der Waals surface area (Å²) in [6.45, 7) is 6.71. The lowest BCUT2D eigenvalue weighted by atomic mass is 9.84. The highest BCUT2D eigenvalue weighted by Gasteiger charge is 2.23. The molecule has 0 fully saturated rings. The number of aromatic hydroxyl groups is 1. The molecule has 7 heteroatoms. The molecule has 1 heterocycles. The highest BCUT2D eigenvalue weighted by Crippen LogP contribution is 2.36. The van der Waals surface area contributed by atoms with Crippen LogP contribution in [0.5, 0.6) is 5.75 Å². The highest BCUT2D eigenvalue weighted by molar-refractivity contribution is 5.73. The summed E-state index contributed by atoms with van der Waals surface area (Å²) in [6, 6.07) is 11.6. The number of aromatic nitrogens is 3. The van der Waals surface area contributed by atoms with E-state index in [1.807, 2.05) is 36.4 Å². The number of hydrogen-bond donors (Lipinski definition) is 2. The maximum atomic E-state index is 10.9. The van der Waals surface area contributed by atoms with Gasteiger partial charge in [0, 0.05) is 5.56 Å². The standard InChI is InChI=1S/C21H27N3O4/c1-21(2,3)16-13-15(7-6-11-27-28-12-10-25)14-19(20(16)26)24-22-17-8-4-5-9-18(17)23-24/h4-5,8-9,13-14,25-26H,6-7,10-12H2,1-3H3. The van der Waals surface area contributed by atoms with E-state index in [4.69, 9.17) is 14.9 Å². The first kappa shape index (κ1) is 20.3. The topological polar surface area (TPSA) is 89.6 Å². The molecule has 150 valence electrons. The number of phenols is 1. The predicted molar refractivity (Wildman–Crippen MR) is 107 cm³/mol. The molecule has 0 aliphatic heterocycles. The number of fused-ring (bicyclic) bond motifs is 1. The van der Waals surface area contributed by atoms with Gasteiger partial charge in [0.15, 0.2) is 0 Å². The molecule has 7 nitrogen and oxygen atoms in total. The highest BCUT2D eigenvalue weighted by atomic mass is 17.2. The van der Waals surface area contributed by atoms with Crippen molar-refractivity contribution in [3.8, 4) is 11.4 Å². The third-order valence-electron chi connectivity index (χ3n) is 4.41. The van der Waals surface area contributed by atoms with Gasteiger partial charge in [-0.3, -0.25) is 0 Å². The van der Waals surface area contributed by atoms with Crippen LogP contribution in [0.1, 0.15) is 38.3 Å². The monoisotopic (exact) mass is 385 g/mol. The summed E-state index contributed by atoms with van der Waals surface area (Å²) in [7, 11) is 0. The molecule has 0 unspecified atom stereocenters. The minimum atomic E-state index is -0.234. The van der Waals surface area contributed by atoms with Gasteiger partial charge in [-0.05, 0) is 42.0 Å². The second-order valence-corrected chi connectivity index (χ2v) is 7.71. The van der Waals surface area contributed by atoms with Gasteiger partial charge in [0.2, 0.25) is 0 Å². The van der Waals surface area contributed by atoms with E-state index in [9.17, 15) is 5.11 Å². The van der Waals surface area contributed by atoms with E-state index in [1.165, 1.54) is 4.80 Å². The largest absolute Gasteiger partial charge is 0.505 e. The summed E-state index contributed by atoms with van der Waals surface area (Å²) >= 11 is 0. The zero-order chi connectivity index (χ0) is 20.1. The number of aryl methyl sites for hydroxylation is 1. The maximum Gasteiger partial charge on any atom is 0.146 e. The van der Waals surface area contributed by atoms with Crippen molar-refractivity contribution in [1.29, 1.82) is 0 Å². The van der Waals surface area contributed by atoms with E-state index in [0.717, 1.165) is 35.0 Å². The van der Waals surface area contributed by atoms with E-state index in [0.29, 0.717) is 12.3 Å². The molecule has 0 spiro atoms. The van der Waals surface area contributed by atoms with Crippen molar-refractivity contribution in [2.24, 2.45) is 0 Å². The smallest absolute Gasteiger partial charge is 0.146 e. The average molecular weight is 385 g/mol. The first-order valence-corrected chi connectivity index (χ1v) is 9.44. The number of nitrogens with zero attached hydrogens (tertiary/aromatic N) is 3. The van der Waals surface area contributed by atoms with Crippen molar-refractivity contribution in [1.82, 2.24) is 15.0 Å². The molecule has 3 aromatic rings. The van der Waals surface area contributed by atoms with Crippen LogP contribution < -0.4 is 0 Å². The second-order valence-electron chi connectivity index (χ2n) is 7.71. The van der Waals surface area contributed by atoms with Crippen molar-refractivity contribution in [2.75, 3.05) is 19.8 Å². The molecule has 3 rings (SSSR count). The Morgan fingerprint density at radius 1 is 1.00 bits per heavy atom. The summed E-state index contributed by atoms with van der Waals surface area (Å²) in [6.07, 6.45) is 1.49. The Balaban J connectivity index is 1.90. The van der Waals surface area contributed by atoms with Crippen molar-refractivity contribution < 1.29 is 20.0 Å². The Bertz CT molecular complexity index is 898.